The van der Waals surface area contributed by atoms with Crippen LogP contribution in [0, 0.1) is 0 Å². The number of benzene rings is 1. The first-order valence-corrected chi connectivity index (χ1v) is 9.21. The number of nitrogens with one attached hydrogen (secondary N) is 2. The van der Waals surface area contributed by atoms with Gasteiger partial charge in [0.25, 0.3) is 0 Å². The summed E-state index contributed by atoms with van der Waals surface area (Å²) < 4.78 is 0. The minimum atomic E-state index is -0.907. The number of amides is 2. The van der Waals surface area contributed by atoms with Crippen LogP contribution in [0.2, 0.25) is 0 Å². The predicted molar refractivity (Wildman–Crippen MR) is 105 cm³/mol. The Kier molecular flexibility index (Phi) is 8.24. The molecule has 0 spiro atoms. The van der Waals surface area contributed by atoms with Crippen molar-refractivity contribution in [3.05, 3.63) is 42.0 Å². The van der Waals surface area contributed by atoms with Gasteiger partial charge in [-0.15, -0.1) is 5.10 Å². The van der Waals surface area contributed by atoms with Gasteiger partial charge in [0, 0.05) is 25.6 Å². The third-order valence-electron chi connectivity index (χ3n) is 3.43. The van der Waals surface area contributed by atoms with Gasteiger partial charge in [0.1, 0.15) is 5.25 Å². The minimum Gasteiger partial charge on any atom is -0.481 e. The van der Waals surface area contributed by atoms with Crippen LogP contribution in [-0.4, -0.2) is 46.1 Å². The van der Waals surface area contributed by atoms with Crippen LogP contribution in [0.1, 0.15) is 24.8 Å². The van der Waals surface area contributed by atoms with Crippen molar-refractivity contribution in [1.29, 1.82) is 0 Å². The van der Waals surface area contributed by atoms with Crippen LogP contribution in [0.4, 0.5) is 0 Å². The minimum absolute atomic E-state index is 0.000214. The van der Waals surface area contributed by atoms with Crippen LogP contribution in [0.15, 0.2) is 46.6 Å². The van der Waals surface area contributed by atoms with Crippen LogP contribution >= 0.6 is 11.8 Å². The maximum absolute atomic E-state index is 11.9. The first-order chi connectivity index (χ1) is 13.0. The molecule has 0 aromatic heterocycles. The van der Waals surface area contributed by atoms with E-state index < -0.39 is 11.2 Å². The van der Waals surface area contributed by atoms with Crippen LogP contribution in [0.5, 0.6) is 0 Å². The van der Waals surface area contributed by atoms with Gasteiger partial charge in [-0.25, -0.2) is 0 Å². The van der Waals surface area contributed by atoms with Crippen molar-refractivity contribution in [1.82, 2.24) is 10.6 Å². The van der Waals surface area contributed by atoms with Crippen LogP contribution in [0.25, 0.3) is 6.08 Å². The fourth-order valence-corrected chi connectivity index (χ4v) is 3.06. The van der Waals surface area contributed by atoms with Gasteiger partial charge in [-0.2, -0.15) is 5.10 Å². The third kappa shape index (κ3) is 7.87. The molecule has 142 valence electrons. The lowest BCUT2D eigenvalue weighted by atomic mass is 10.2. The van der Waals surface area contributed by atoms with E-state index in [2.05, 4.69) is 20.8 Å². The monoisotopic (exact) mass is 388 g/mol. The SMILES string of the molecule is O=C(O)CCCNC(=O)C[C@H]1SC(=NN=C/C=C/c2ccccc2)NC1=O. The van der Waals surface area contributed by atoms with Crippen molar-refractivity contribution in [3.8, 4) is 0 Å². The molecule has 0 unspecified atom stereocenters. The highest BCUT2D eigenvalue weighted by Gasteiger charge is 2.32. The molecule has 0 saturated carbocycles. The van der Waals surface area contributed by atoms with E-state index in [9.17, 15) is 14.4 Å². The topological polar surface area (TPSA) is 120 Å². The van der Waals surface area contributed by atoms with E-state index in [1.807, 2.05) is 36.4 Å². The van der Waals surface area contributed by atoms with Gasteiger partial charge >= 0.3 is 5.97 Å². The Bertz CT molecular complexity index is 762. The van der Waals surface area contributed by atoms with Crippen molar-refractivity contribution in [3.63, 3.8) is 0 Å². The quantitative estimate of drug-likeness (QED) is 0.337. The number of thioether (sulfide) groups is 1. The Hall–Kier alpha value is -2.94. The molecule has 1 heterocycles. The van der Waals surface area contributed by atoms with Crippen molar-refractivity contribution < 1.29 is 19.5 Å². The molecular formula is C18H20N4O4S. The fourth-order valence-electron chi connectivity index (χ4n) is 2.14. The number of carbonyl (C=O) groups is 3. The molecule has 8 nitrogen and oxygen atoms in total. The second-order valence-electron chi connectivity index (χ2n) is 5.59. The van der Waals surface area contributed by atoms with Crippen molar-refractivity contribution in [2.75, 3.05) is 6.54 Å². The Morgan fingerprint density at radius 1 is 1.30 bits per heavy atom. The highest BCUT2D eigenvalue weighted by molar-refractivity contribution is 8.15. The summed E-state index contributed by atoms with van der Waals surface area (Å²) >= 11 is 1.14. The van der Waals surface area contributed by atoms with Gasteiger partial charge < -0.3 is 15.7 Å². The van der Waals surface area contributed by atoms with Crippen molar-refractivity contribution in [2.45, 2.75) is 24.5 Å². The zero-order valence-corrected chi connectivity index (χ0v) is 15.3. The van der Waals surface area contributed by atoms with Crippen LogP contribution in [-0.2, 0) is 14.4 Å². The fraction of sp³-hybridized carbons (Fsp3) is 0.278. The summed E-state index contributed by atoms with van der Waals surface area (Å²) in [6.07, 6.45) is 5.47. The van der Waals surface area contributed by atoms with Gasteiger partial charge in [-0.1, -0.05) is 48.2 Å². The number of allylic oxidation sites excluding steroid dienone is 1. The summed E-state index contributed by atoms with van der Waals surface area (Å²) in [4.78, 5) is 34.1. The zero-order chi connectivity index (χ0) is 19.5. The maximum atomic E-state index is 11.9. The van der Waals surface area contributed by atoms with Gasteiger partial charge in [0.15, 0.2) is 5.17 Å². The van der Waals surface area contributed by atoms with Gasteiger partial charge in [0.2, 0.25) is 11.8 Å². The van der Waals surface area contributed by atoms with Crippen LogP contribution < -0.4 is 10.6 Å². The Morgan fingerprint density at radius 2 is 2.07 bits per heavy atom. The number of rotatable bonds is 9. The molecule has 1 aromatic carbocycles. The molecular weight excluding hydrogens is 368 g/mol. The molecule has 1 fully saturated rings. The molecule has 9 heteroatoms. The van der Waals surface area contributed by atoms with E-state index in [0.717, 1.165) is 17.3 Å². The molecule has 1 aliphatic rings. The number of carboxylic acids is 1. The smallest absolute Gasteiger partial charge is 0.303 e. The van der Waals surface area contributed by atoms with Crippen molar-refractivity contribution in [2.24, 2.45) is 10.2 Å². The second-order valence-corrected chi connectivity index (χ2v) is 6.78. The lowest BCUT2D eigenvalue weighted by Gasteiger charge is -2.06. The molecule has 1 saturated heterocycles. The van der Waals surface area contributed by atoms with Crippen LogP contribution in [0.3, 0.4) is 0 Å². The summed E-state index contributed by atoms with van der Waals surface area (Å²) in [5.74, 6) is -1.51. The molecule has 3 N–H and O–H groups in total. The number of hydrogen-bond donors (Lipinski definition) is 3. The molecule has 0 bridgehead atoms. The Labute approximate surface area is 160 Å². The van der Waals surface area contributed by atoms with E-state index in [4.69, 9.17) is 5.11 Å². The molecule has 1 atom stereocenters. The molecule has 27 heavy (non-hydrogen) atoms. The van der Waals surface area contributed by atoms with E-state index >= 15 is 0 Å². The average molecular weight is 388 g/mol. The average Bonchev–Trinajstić information content (AvgIpc) is 2.98. The molecule has 0 aliphatic carbocycles. The van der Waals surface area contributed by atoms with E-state index in [-0.39, 0.29) is 31.2 Å². The lowest BCUT2D eigenvalue weighted by Crippen LogP contribution is -2.31. The standard InChI is InChI=1S/C18H20N4O4S/c23-15(19-10-5-9-16(24)25)12-14-17(26)21-18(27-14)22-20-11-4-8-13-6-2-1-3-7-13/h1-4,6-8,11,14H,5,9-10,12H2,(H,19,23)(H,24,25)(H,21,22,26)/b8-4+,20-11?/t14-/m1/s1. The zero-order valence-electron chi connectivity index (χ0n) is 14.5. The summed E-state index contributed by atoms with van der Waals surface area (Å²) in [7, 11) is 0. The summed E-state index contributed by atoms with van der Waals surface area (Å²) in [5, 5.41) is 21.3. The first kappa shape index (κ1) is 20.4. The molecule has 2 amide bonds. The van der Waals surface area contributed by atoms with Gasteiger partial charge in [-0.3, -0.25) is 14.4 Å². The molecule has 0 radical (unpaired) electrons. The predicted octanol–water partition coefficient (Wildman–Crippen LogP) is 1.64. The van der Waals surface area contributed by atoms with E-state index in [0.29, 0.717) is 11.6 Å². The number of carboxylic acid groups (broad SMARTS) is 1. The number of amidine groups is 1. The Balaban J connectivity index is 1.74. The normalized spacial score (nSPS) is 18.3. The number of aliphatic carboxylic acids is 1. The van der Waals surface area contributed by atoms with Crippen molar-refractivity contribution >= 4 is 47.0 Å². The summed E-state index contributed by atoms with van der Waals surface area (Å²) in [6, 6.07) is 9.72. The molecule has 1 aliphatic heterocycles. The van der Waals surface area contributed by atoms with Gasteiger partial charge in [0.05, 0.1) is 0 Å². The molecule has 1 aromatic rings. The highest BCUT2D eigenvalue weighted by atomic mass is 32.2. The third-order valence-corrected chi connectivity index (χ3v) is 4.50. The largest absolute Gasteiger partial charge is 0.481 e. The van der Waals surface area contributed by atoms with E-state index in [1.165, 1.54) is 6.21 Å². The number of carbonyl (C=O) groups excluding carboxylic acids is 2. The highest BCUT2D eigenvalue weighted by Crippen LogP contribution is 2.22. The van der Waals surface area contributed by atoms with Gasteiger partial charge in [-0.05, 0) is 18.1 Å². The first-order valence-electron chi connectivity index (χ1n) is 8.33. The lowest BCUT2D eigenvalue weighted by molar-refractivity contribution is -0.137. The summed E-state index contributed by atoms with van der Waals surface area (Å²) in [5.41, 5.74) is 1.04. The summed E-state index contributed by atoms with van der Waals surface area (Å²) in [6.45, 7) is 0.267. The number of nitrogens with zero attached hydrogens (tertiary/aromatic N) is 2. The van der Waals surface area contributed by atoms with E-state index in [1.54, 1.807) is 6.08 Å². The second kappa shape index (κ2) is 10.9. The number of hydrogen-bond acceptors (Lipinski definition) is 6. The maximum Gasteiger partial charge on any atom is 0.303 e. The molecule has 2 rings (SSSR count). The Morgan fingerprint density at radius 3 is 2.81 bits per heavy atom.